The summed E-state index contributed by atoms with van der Waals surface area (Å²) in [6.07, 6.45) is 0.903. The minimum absolute atomic E-state index is 0.0980. The van der Waals surface area contributed by atoms with Gasteiger partial charge in [-0.15, -0.1) is 0 Å². The lowest BCUT2D eigenvalue weighted by molar-refractivity contribution is 0.0578. The molecule has 0 fully saturated rings. The van der Waals surface area contributed by atoms with Crippen molar-refractivity contribution in [3.63, 3.8) is 0 Å². The third-order valence-corrected chi connectivity index (χ3v) is 4.49. The first-order valence-corrected chi connectivity index (χ1v) is 9.65. The van der Waals surface area contributed by atoms with E-state index in [-0.39, 0.29) is 29.4 Å². The predicted molar refractivity (Wildman–Crippen MR) is 94.0 cm³/mol. The molecule has 0 saturated heterocycles. The number of carbonyl (C=O) groups is 1. The van der Waals surface area contributed by atoms with Crippen LogP contribution in [0, 0.1) is 5.92 Å². The highest BCUT2D eigenvalue weighted by atomic mass is 32.2. The molecule has 0 saturated carbocycles. The van der Waals surface area contributed by atoms with Crippen LogP contribution in [-0.2, 0) is 10.0 Å². The van der Waals surface area contributed by atoms with Crippen molar-refractivity contribution in [2.24, 2.45) is 5.92 Å². The second-order valence-electron chi connectivity index (χ2n) is 6.64. The van der Waals surface area contributed by atoms with Gasteiger partial charge >= 0.3 is 0 Å². The SMILES string of the molecule is C[C@@H]1CN(C)C(=O)c2cccc(NS(C)(=O)=O)c2O[C@H]1CN(C)C. The Balaban J connectivity index is 2.53. The molecule has 0 unspecified atom stereocenters. The fourth-order valence-corrected chi connectivity index (χ4v) is 3.36. The molecular weight excluding hydrogens is 330 g/mol. The number of nitrogens with one attached hydrogen (secondary N) is 1. The number of ether oxygens (including phenoxy) is 1. The van der Waals surface area contributed by atoms with Crippen LogP contribution in [0.4, 0.5) is 5.69 Å². The summed E-state index contributed by atoms with van der Waals surface area (Å²) in [5, 5.41) is 0. The van der Waals surface area contributed by atoms with Gasteiger partial charge in [0.2, 0.25) is 10.0 Å². The van der Waals surface area contributed by atoms with Gasteiger partial charge < -0.3 is 14.5 Å². The van der Waals surface area contributed by atoms with Crippen molar-refractivity contribution >= 4 is 21.6 Å². The maximum atomic E-state index is 12.6. The highest BCUT2D eigenvalue weighted by molar-refractivity contribution is 7.92. The lowest BCUT2D eigenvalue weighted by atomic mass is 10.0. The number of anilines is 1. The van der Waals surface area contributed by atoms with E-state index in [1.807, 2.05) is 25.9 Å². The number of hydrogen-bond acceptors (Lipinski definition) is 5. The number of benzene rings is 1. The molecule has 0 radical (unpaired) electrons. The van der Waals surface area contributed by atoms with Crippen molar-refractivity contribution in [1.82, 2.24) is 9.80 Å². The number of amides is 1. The Hall–Kier alpha value is -1.80. The van der Waals surface area contributed by atoms with Crippen LogP contribution in [0.15, 0.2) is 18.2 Å². The Morgan fingerprint density at radius 1 is 1.38 bits per heavy atom. The third kappa shape index (κ3) is 4.39. The largest absolute Gasteiger partial charge is 0.486 e. The molecule has 8 heteroatoms. The Labute approximate surface area is 143 Å². The molecule has 2 atom stereocenters. The van der Waals surface area contributed by atoms with Gasteiger partial charge in [0.15, 0.2) is 5.75 Å². The number of para-hydroxylation sites is 1. The zero-order chi connectivity index (χ0) is 18.1. The van der Waals surface area contributed by atoms with Crippen LogP contribution in [0.25, 0.3) is 0 Å². The summed E-state index contributed by atoms with van der Waals surface area (Å²) in [7, 11) is 2.16. The highest BCUT2D eigenvalue weighted by Gasteiger charge is 2.31. The fourth-order valence-electron chi connectivity index (χ4n) is 2.80. The van der Waals surface area contributed by atoms with E-state index in [1.165, 1.54) is 0 Å². The quantitative estimate of drug-likeness (QED) is 0.875. The van der Waals surface area contributed by atoms with Crippen LogP contribution in [0.3, 0.4) is 0 Å². The van der Waals surface area contributed by atoms with Crippen molar-refractivity contribution in [2.45, 2.75) is 13.0 Å². The molecule has 0 aromatic heterocycles. The summed E-state index contributed by atoms with van der Waals surface area (Å²) >= 11 is 0. The molecule has 2 rings (SSSR count). The van der Waals surface area contributed by atoms with Crippen molar-refractivity contribution in [3.8, 4) is 5.75 Å². The molecule has 1 aromatic carbocycles. The molecule has 1 N–H and O–H groups in total. The Morgan fingerprint density at radius 2 is 2.04 bits per heavy atom. The summed E-state index contributed by atoms with van der Waals surface area (Å²) < 4.78 is 31.9. The molecule has 0 bridgehead atoms. The third-order valence-electron chi connectivity index (χ3n) is 3.90. The molecule has 7 nitrogen and oxygen atoms in total. The van der Waals surface area contributed by atoms with E-state index in [2.05, 4.69) is 4.72 Å². The second kappa shape index (κ2) is 6.98. The van der Waals surface area contributed by atoms with Gasteiger partial charge in [0.05, 0.1) is 17.5 Å². The Morgan fingerprint density at radius 3 is 2.62 bits per heavy atom. The first kappa shape index (κ1) is 18.5. The van der Waals surface area contributed by atoms with Gasteiger partial charge in [-0.3, -0.25) is 9.52 Å². The van der Waals surface area contributed by atoms with Crippen molar-refractivity contribution in [1.29, 1.82) is 0 Å². The molecule has 134 valence electrons. The van der Waals surface area contributed by atoms with Crippen LogP contribution in [0.5, 0.6) is 5.75 Å². The molecular formula is C16H25N3O4S. The van der Waals surface area contributed by atoms with Crippen molar-refractivity contribution in [2.75, 3.05) is 45.2 Å². The standard InChI is InChI=1S/C16H25N3O4S/c1-11-9-19(4)16(20)12-7-6-8-13(17-24(5,21)22)15(12)23-14(11)10-18(2)3/h6-8,11,14,17H,9-10H2,1-5H3/t11-,14+/m1/s1. The predicted octanol–water partition coefficient (Wildman–Crippen LogP) is 1.09. The summed E-state index contributed by atoms with van der Waals surface area (Å²) in [6.45, 7) is 3.26. The van der Waals surface area contributed by atoms with E-state index in [0.29, 0.717) is 18.7 Å². The average Bonchev–Trinajstić information content (AvgIpc) is 2.44. The molecule has 1 heterocycles. The first-order chi connectivity index (χ1) is 11.1. The van der Waals surface area contributed by atoms with E-state index in [1.54, 1.807) is 30.1 Å². The first-order valence-electron chi connectivity index (χ1n) is 7.76. The number of nitrogens with zero attached hydrogens (tertiary/aromatic N) is 2. The van der Waals surface area contributed by atoms with E-state index < -0.39 is 10.0 Å². The summed E-state index contributed by atoms with van der Waals surface area (Å²) in [4.78, 5) is 16.3. The van der Waals surface area contributed by atoms with E-state index in [9.17, 15) is 13.2 Å². The van der Waals surface area contributed by atoms with Gasteiger partial charge in [0, 0.05) is 26.1 Å². The van der Waals surface area contributed by atoms with Gasteiger partial charge in [-0.2, -0.15) is 0 Å². The number of sulfonamides is 1. The lowest BCUT2D eigenvalue weighted by Gasteiger charge is -2.34. The summed E-state index contributed by atoms with van der Waals surface area (Å²) in [6, 6.07) is 4.91. The molecule has 0 spiro atoms. The molecule has 1 aliphatic rings. The molecule has 1 aliphatic heterocycles. The van der Waals surface area contributed by atoms with E-state index in [4.69, 9.17) is 4.74 Å². The van der Waals surface area contributed by atoms with E-state index in [0.717, 1.165) is 6.26 Å². The zero-order valence-electron chi connectivity index (χ0n) is 14.7. The normalized spacial score (nSPS) is 21.8. The molecule has 0 aliphatic carbocycles. The topological polar surface area (TPSA) is 79.0 Å². The Kier molecular flexibility index (Phi) is 5.39. The maximum Gasteiger partial charge on any atom is 0.257 e. The number of rotatable bonds is 4. The summed E-state index contributed by atoms with van der Waals surface area (Å²) in [5.74, 6) is 0.205. The van der Waals surface area contributed by atoms with Gasteiger partial charge in [0.1, 0.15) is 6.10 Å². The van der Waals surface area contributed by atoms with Crippen LogP contribution in [-0.4, -0.2) is 70.7 Å². The number of fused-ring (bicyclic) bond motifs is 1. The Bertz CT molecular complexity index is 718. The minimum atomic E-state index is -3.48. The number of hydrogen-bond donors (Lipinski definition) is 1. The highest BCUT2D eigenvalue weighted by Crippen LogP contribution is 2.34. The molecule has 1 aromatic rings. The number of likely N-dealkylation sites (N-methyl/N-ethyl adjacent to an activating group) is 1. The minimum Gasteiger partial charge on any atom is -0.486 e. The molecule has 24 heavy (non-hydrogen) atoms. The van der Waals surface area contributed by atoms with Gasteiger partial charge in [0.25, 0.3) is 5.91 Å². The average molecular weight is 355 g/mol. The lowest BCUT2D eigenvalue weighted by Crippen LogP contribution is -2.44. The van der Waals surface area contributed by atoms with Crippen molar-refractivity contribution in [3.05, 3.63) is 23.8 Å². The van der Waals surface area contributed by atoms with Gasteiger partial charge in [-0.05, 0) is 26.2 Å². The monoisotopic (exact) mass is 355 g/mol. The second-order valence-corrected chi connectivity index (χ2v) is 8.39. The maximum absolute atomic E-state index is 12.6. The van der Waals surface area contributed by atoms with Crippen LogP contribution in [0.2, 0.25) is 0 Å². The van der Waals surface area contributed by atoms with Crippen molar-refractivity contribution < 1.29 is 17.9 Å². The van der Waals surface area contributed by atoms with Gasteiger partial charge in [-0.1, -0.05) is 13.0 Å². The van der Waals surface area contributed by atoms with Crippen LogP contribution >= 0.6 is 0 Å². The summed E-state index contributed by atoms with van der Waals surface area (Å²) in [5.41, 5.74) is 0.649. The number of carbonyl (C=O) groups excluding carboxylic acids is 1. The zero-order valence-corrected chi connectivity index (χ0v) is 15.6. The van der Waals surface area contributed by atoms with Crippen LogP contribution in [0.1, 0.15) is 17.3 Å². The van der Waals surface area contributed by atoms with Gasteiger partial charge in [-0.25, -0.2) is 8.42 Å². The molecule has 1 amide bonds. The van der Waals surface area contributed by atoms with E-state index >= 15 is 0 Å². The fraction of sp³-hybridized carbons (Fsp3) is 0.562. The van der Waals surface area contributed by atoms with Crippen LogP contribution < -0.4 is 9.46 Å². The smallest absolute Gasteiger partial charge is 0.257 e.